The van der Waals surface area contributed by atoms with E-state index in [2.05, 4.69) is 10.0 Å². The number of azide groups is 1. The van der Waals surface area contributed by atoms with Crippen molar-refractivity contribution in [2.24, 2.45) is 5.11 Å². The number of nitrogens with zero attached hydrogens (tertiary/aromatic N) is 3. The first-order valence-electron chi connectivity index (χ1n) is 6.05. The molecule has 1 aromatic rings. The lowest BCUT2D eigenvalue weighted by molar-refractivity contribution is -0.165. The summed E-state index contributed by atoms with van der Waals surface area (Å²) in [5.74, 6) is 0. The van der Waals surface area contributed by atoms with E-state index in [0.29, 0.717) is 0 Å². The second-order valence-corrected chi connectivity index (χ2v) is 5.50. The molecule has 1 saturated heterocycles. The molecular weight excluding hydrogens is 282 g/mol. The molecule has 5 atom stereocenters. The molecular formula is C12H15N3O4S. The highest BCUT2D eigenvalue weighted by Crippen LogP contribution is 2.34. The van der Waals surface area contributed by atoms with Gasteiger partial charge in [-0.05, 0) is 17.7 Å². The van der Waals surface area contributed by atoms with Gasteiger partial charge in [0.1, 0.15) is 23.7 Å². The van der Waals surface area contributed by atoms with E-state index in [-0.39, 0.29) is 0 Å². The molecule has 1 aromatic carbocycles. The van der Waals surface area contributed by atoms with Crippen LogP contribution in [-0.2, 0) is 4.74 Å². The van der Waals surface area contributed by atoms with Gasteiger partial charge in [0, 0.05) is 9.81 Å². The molecule has 20 heavy (non-hydrogen) atoms. The molecule has 0 aromatic heterocycles. The van der Waals surface area contributed by atoms with Gasteiger partial charge in [-0.3, -0.25) is 0 Å². The number of benzene rings is 1. The first-order chi connectivity index (χ1) is 9.67. The van der Waals surface area contributed by atoms with Crippen LogP contribution in [0, 0.1) is 0 Å². The monoisotopic (exact) mass is 297 g/mol. The van der Waals surface area contributed by atoms with Crippen molar-refractivity contribution in [3.05, 3.63) is 40.8 Å². The number of rotatable bonds is 4. The zero-order valence-corrected chi connectivity index (χ0v) is 11.3. The van der Waals surface area contributed by atoms with Crippen LogP contribution in [0.3, 0.4) is 0 Å². The van der Waals surface area contributed by atoms with Crippen LogP contribution < -0.4 is 0 Å². The number of aliphatic hydroxyl groups excluding tert-OH is 3. The Balaban J connectivity index is 2.20. The fourth-order valence-corrected chi connectivity index (χ4v) is 3.12. The number of hydrogen-bond donors (Lipinski definition) is 3. The summed E-state index contributed by atoms with van der Waals surface area (Å²) in [7, 11) is 0. The zero-order valence-electron chi connectivity index (χ0n) is 10.5. The van der Waals surface area contributed by atoms with Gasteiger partial charge >= 0.3 is 0 Å². The Bertz CT molecular complexity index is 483. The van der Waals surface area contributed by atoms with E-state index < -0.39 is 36.4 Å². The number of hydrogen-bond acceptors (Lipinski definition) is 6. The molecule has 0 amide bonds. The molecule has 1 aliphatic heterocycles. The van der Waals surface area contributed by atoms with Crippen LogP contribution in [0.4, 0.5) is 0 Å². The van der Waals surface area contributed by atoms with Gasteiger partial charge in [-0.15, -0.1) is 0 Å². The molecule has 8 heteroatoms. The van der Waals surface area contributed by atoms with E-state index in [4.69, 9.17) is 10.3 Å². The predicted molar refractivity (Wildman–Crippen MR) is 73.0 cm³/mol. The highest BCUT2D eigenvalue weighted by atomic mass is 32.2. The molecule has 1 aliphatic rings. The Hall–Kier alpha value is -1.28. The standard InChI is InChI=1S/C12H15N3O4S/c13-15-14-9-11(18)10(17)8(6-16)19-12(9)20-7-4-2-1-3-5-7/h1-5,8-12,16-18H,6H2/t8?,9-,10+,11?,12+/m1/s1. The third kappa shape index (κ3) is 3.24. The van der Waals surface area contributed by atoms with Crippen LogP contribution in [-0.4, -0.2) is 51.7 Å². The van der Waals surface area contributed by atoms with Crippen molar-refractivity contribution in [3.8, 4) is 0 Å². The summed E-state index contributed by atoms with van der Waals surface area (Å²) in [6, 6.07) is 8.35. The Morgan fingerprint density at radius 3 is 2.55 bits per heavy atom. The van der Waals surface area contributed by atoms with Crippen molar-refractivity contribution >= 4 is 11.8 Å². The third-order valence-electron chi connectivity index (χ3n) is 3.03. The predicted octanol–water partition coefficient (Wildman–Crippen LogP) is 0.897. The van der Waals surface area contributed by atoms with Crippen molar-refractivity contribution in [2.75, 3.05) is 6.61 Å². The van der Waals surface area contributed by atoms with Crippen molar-refractivity contribution in [1.82, 2.24) is 0 Å². The van der Waals surface area contributed by atoms with E-state index in [1.165, 1.54) is 11.8 Å². The maximum atomic E-state index is 10.00. The average Bonchev–Trinajstić information content (AvgIpc) is 2.47. The zero-order chi connectivity index (χ0) is 14.5. The summed E-state index contributed by atoms with van der Waals surface area (Å²) in [4.78, 5) is 3.56. The van der Waals surface area contributed by atoms with Crippen LogP contribution >= 0.6 is 11.8 Å². The number of ether oxygens (including phenoxy) is 1. The molecule has 0 saturated carbocycles. The molecule has 2 unspecified atom stereocenters. The Labute approximate surface area is 119 Å². The maximum Gasteiger partial charge on any atom is 0.119 e. The lowest BCUT2D eigenvalue weighted by Crippen LogP contribution is -2.56. The van der Waals surface area contributed by atoms with Crippen molar-refractivity contribution in [2.45, 2.75) is 34.7 Å². The summed E-state index contributed by atoms with van der Waals surface area (Å²) in [6.45, 7) is -0.424. The highest BCUT2D eigenvalue weighted by molar-refractivity contribution is 7.99. The van der Waals surface area contributed by atoms with Crippen LogP contribution in [0.5, 0.6) is 0 Å². The minimum atomic E-state index is -1.29. The van der Waals surface area contributed by atoms with Gasteiger partial charge in [0.15, 0.2) is 0 Å². The summed E-state index contributed by atoms with van der Waals surface area (Å²) in [5.41, 5.74) is 7.90. The molecule has 0 bridgehead atoms. The Kier molecular flexibility index (Phi) is 5.24. The Morgan fingerprint density at radius 2 is 1.95 bits per heavy atom. The SMILES string of the molecule is [N-]=[N+]=N[C@@H]1C(O)[C@@H](O)C(CO)O[C@H]1Sc1ccccc1. The lowest BCUT2D eigenvalue weighted by atomic mass is 9.99. The summed E-state index contributed by atoms with van der Waals surface area (Å²) >= 11 is 1.27. The van der Waals surface area contributed by atoms with E-state index in [1.807, 2.05) is 30.3 Å². The quantitative estimate of drug-likeness (QED) is 0.433. The largest absolute Gasteiger partial charge is 0.394 e. The van der Waals surface area contributed by atoms with Crippen molar-refractivity contribution in [1.29, 1.82) is 0 Å². The van der Waals surface area contributed by atoms with E-state index in [1.54, 1.807) is 0 Å². The molecule has 108 valence electrons. The molecule has 0 spiro atoms. The van der Waals surface area contributed by atoms with E-state index >= 15 is 0 Å². The van der Waals surface area contributed by atoms with Gasteiger partial charge in [0.05, 0.1) is 12.7 Å². The molecule has 3 N–H and O–H groups in total. The minimum absolute atomic E-state index is 0.424. The van der Waals surface area contributed by atoms with Crippen molar-refractivity contribution < 1.29 is 20.1 Å². The molecule has 0 aliphatic carbocycles. The van der Waals surface area contributed by atoms with Gasteiger partial charge in [-0.1, -0.05) is 35.1 Å². The Morgan fingerprint density at radius 1 is 1.25 bits per heavy atom. The third-order valence-corrected chi connectivity index (χ3v) is 4.20. The van der Waals surface area contributed by atoms with E-state index in [0.717, 1.165) is 4.90 Å². The van der Waals surface area contributed by atoms with Gasteiger partial charge in [-0.25, -0.2) is 0 Å². The first-order valence-corrected chi connectivity index (χ1v) is 6.93. The van der Waals surface area contributed by atoms with Crippen LogP contribution in [0.15, 0.2) is 40.3 Å². The molecule has 2 rings (SSSR count). The van der Waals surface area contributed by atoms with E-state index in [9.17, 15) is 15.3 Å². The first kappa shape index (κ1) is 15.1. The number of aliphatic hydroxyl groups is 3. The van der Waals surface area contributed by atoms with Crippen LogP contribution in [0.1, 0.15) is 0 Å². The van der Waals surface area contributed by atoms with Crippen LogP contribution in [0.25, 0.3) is 10.4 Å². The van der Waals surface area contributed by atoms with Crippen LogP contribution in [0.2, 0.25) is 0 Å². The summed E-state index contributed by atoms with van der Waals surface area (Å²) in [5, 5.41) is 32.5. The minimum Gasteiger partial charge on any atom is -0.394 e. The summed E-state index contributed by atoms with van der Waals surface area (Å²) < 4.78 is 5.53. The fourth-order valence-electron chi connectivity index (χ4n) is 1.98. The normalized spacial score (nSPS) is 33.5. The fraction of sp³-hybridized carbons (Fsp3) is 0.500. The average molecular weight is 297 g/mol. The van der Waals surface area contributed by atoms with Gasteiger partial charge < -0.3 is 20.1 Å². The second kappa shape index (κ2) is 6.94. The molecule has 0 radical (unpaired) electrons. The molecule has 7 nitrogen and oxygen atoms in total. The second-order valence-electron chi connectivity index (χ2n) is 4.33. The summed E-state index contributed by atoms with van der Waals surface area (Å²) in [6.07, 6.45) is -3.47. The number of thioether (sulfide) groups is 1. The van der Waals surface area contributed by atoms with Gasteiger partial charge in [0.2, 0.25) is 0 Å². The molecule has 1 heterocycles. The maximum absolute atomic E-state index is 10.00. The van der Waals surface area contributed by atoms with Gasteiger partial charge in [-0.2, -0.15) is 0 Å². The van der Waals surface area contributed by atoms with Gasteiger partial charge in [0.25, 0.3) is 0 Å². The lowest BCUT2D eigenvalue weighted by Gasteiger charge is -2.40. The van der Waals surface area contributed by atoms with Crippen molar-refractivity contribution in [3.63, 3.8) is 0 Å². The highest BCUT2D eigenvalue weighted by Gasteiger charge is 2.44. The smallest absolute Gasteiger partial charge is 0.119 e. The molecule has 1 fully saturated rings. The topological polar surface area (TPSA) is 119 Å².